The molecule has 0 saturated carbocycles. The second-order valence-electron chi connectivity index (χ2n) is 7.46. The van der Waals surface area contributed by atoms with E-state index in [0.29, 0.717) is 0 Å². The van der Waals surface area contributed by atoms with E-state index in [1.165, 1.54) is 52.8 Å². The predicted molar refractivity (Wildman–Crippen MR) is 130 cm³/mol. The third-order valence-electron chi connectivity index (χ3n) is 5.62. The second-order valence-corrected chi connectivity index (χ2v) is 8.54. The first-order valence-electron chi connectivity index (χ1n) is 9.86. The third-order valence-corrected chi connectivity index (χ3v) is 6.77. The van der Waals surface area contributed by atoms with E-state index in [-0.39, 0.29) is 0 Å². The first kappa shape index (κ1) is 16.5. The van der Waals surface area contributed by atoms with Crippen LogP contribution in [0.4, 0.5) is 0 Å². The first-order chi connectivity index (χ1) is 14.3. The number of hydrogen-bond acceptors (Lipinski definition) is 1. The van der Waals surface area contributed by atoms with E-state index in [2.05, 4.69) is 109 Å². The molecule has 0 aliphatic heterocycles. The van der Waals surface area contributed by atoms with Gasteiger partial charge in [-0.15, -0.1) is 11.3 Å². The van der Waals surface area contributed by atoms with E-state index < -0.39 is 0 Å². The quantitative estimate of drug-likeness (QED) is 0.207. The fourth-order valence-electron chi connectivity index (χ4n) is 4.17. The molecule has 0 aliphatic rings. The number of thiophene rings is 1. The molecule has 0 aliphatic carbocycles. The Balaban J connectivity index is 1.55. The molecule has 0 unspecified atom stereocenters. The van der Waals surface area contributed by atoms with Gasteiger partial charge in [0.05, 0.1) is 0 Å². The summed E-state index contributed by atoms with van der Waals surface area (Å²) in [5.74, 6) is 0. The molecule has 136 valence electrons. The van der Waals surface area contributed by atoms with Crippen LogP contribution in [-0.2, 0) is 0 Å². The Hall–Kier alpha value is -3.42. The van der Waals surface area contributed by atoms with Crippen molar-refractivity contribution < 1.29 is 0 Å². The average Bonchev–Trinajstić information content (AvgIpc) is 3.20. The van der Waals surface area contributed by atoms with Gasteiger partial charge >= 0.3 is 0 Å². The maximum Gasteiger partial charge on any atom is 0.0427 e. The Bertz CT molecular complexity index is 1530. The van der Waals surface area contributed by atoms with Crippen molar-refractivity contribution in [3.05, 3.63) is 108 Å². The Morgan fingerprint density at radius 1 is 0.483 bits per heavy atom. The Morgan fingerprint density at radius 3 is 2.07 bits per heavy atom. The molecule has 0 spiro atoms. The van der Waals surface area contributed by atoms with Crippen molar-refractivity contribution in [2.45, 2.75) is 0 Å². The molecule has 5 aromatic carbocycles. The van der Waals surface area contributed by atoms with Crippen molar-refractivity contribution in [1.82, 2.24) is 0 Å². The molecule has 29 heavy (non-hydrogen) atoms. The highest BCUT2D eigenvalue weighted by molar-refractivity contribution is 7.20. The summed E-state index contributed by atoms with van der Waals surface area (Å²) in [6, 6.07) is 35.1. The molecule has 0 radical (unpaired) electrons. The van der Waals surface area contributed by atoms with Gasteiger partial charge in [-0.05, 0) is 62.2 Å². The molecule has 0 saturated heterocycles. The average molecular weight is 387 g/mol. The molecule has 0 N–H and O–H groups in total. The Kier molecular flexibility index (Phi) is 3.75. The van der Waals surface area contributed by atoms with Gasteiger partial charge < -0.3 is 0 Å². The zero-order valence-corrected chi connectivity index (χ0v) is 16.6. The highest BCUT2D eigenvalue weighted by atomic mass is 32.1. The normalized spacial score (nSPS) is 12.0. The highest BCUT2D eigenvalue weighted by Gasteiger charge is 2.08. The van der Waals surface area contributed by atoms with Crippen LogP contribution in [0.15, 0.2) is 97.1 Å². The van der Waals surface area contributed by atoms with Gasteiger partial charge in [0.1, 0.15) is 0 Å². The lowest BCUT2D eigenvalue weighted by Crippen LogP contribution is -1.80. The van der Waals surface area contributed by atoms with Crippen molar-refractivity contribution in [3.8, 4) is 0 Å². The number of rotatable bonds is 2. The lowest BCUT2D eigenvalue weighted by Gasteiger charge is -2.07. The van der Waals surface area contributed by atoms with Crippen molar-refractivity contribution in [2.24, 2.45) is 0 Å². The van der Waals surface area contributed by atoms with Gasteiger partial charge in [-0.3, -0.25) is 0 Å². The summed E-state index contributed by atoms with van der Waals surface area (Å²) in [6.45, 7) is 0. The minimum absolute atomic E-state index is 1.23. The molecule has 1 heteroatoms. The summed E-state index contributed by atoms with van der Waals surface area (Å²) in [4.78, 5) is 1.29. The molecule has 1 heterocycles. The summed E-state index contributed by atoms with van der Waals surface area (Å²) in [6.07, 6.45) is 4.41. The maximum atomic E-state index is 2.34. The zero-order chi connectivity index (χ0) is 19.2. The fourth-order valence-corrected chi connectivity index (χ4v) is 5.26. The lowest BCUT2D eigenvalue weighted by atomic mass is 9.97. The monoisotopic (exact) mass is 386 g/mol. The van der Waals surface area contributed by atoms with Crippen molar-refractivity contribution >= 4 is 65.9 Å². The van der Waals surface area contributed by atoms with E-state index in [0.717, 1.165) is 0 Å². The van der Waals surface area contributed by atoms with E-state index in [4.69, 9.17) is 0 Å². The van der Waals surface area contributed by atoms with Crippen LogP contribution in [0, 0.1) is 0 Å². The minimum Gasteiger partial charge on any atom is -0.135 e. The van der Waals surface area contributed by atoms with Crippen molar-refractivity contribution in [1.29, 1.82) is 0 Å². The predicted octanol–water partition coefficient (Wildman–Crippen LogP) is 8.53. The van der Waals surface area contributed by atoms with Crippen LogP contribution in [0.3, 0.4) is 0 Å². The van der Waals surface area contributed by atoms with E-state index in [1.54, 1.807) is 0 Å². The van der Waals surface area contributed by atoms with Gasteiger partial charge in [-0.1, -0.05) is 84.9 Å². The molecule has 6 aromatic rings. The van der Waals surface area contributed by atoms with E-state index in [1.807, 2.05) is 11.3 Å². The van der Waals surface area contributed by atoms with E-state index >= 15 is 0 Å². The van der Waals surface area contributed by atoms with Crippen LogP contribution in [-0.4, -0.2) is 0 Å². The Morgan fingerprint density at radius 2 is 1.21 bits per heavy atom. The summed E-state index contributed by atoms with van der Waals surface area (Å²) in [5, 5.41) is 9.22. The zero-order valence-electron chi connectivity index (χ0n) is 15.8. The van der Waals surface area contributed by atoms with Gasteiger partial charge in [-0.2, -0.15) is 0 Å². The molecule has 0 fully saturated rings. The van der Waals surface area contributed by atoms with Crippen LogP contribution < -0.4 is 0 Å². The largest absolute Gasteiger partial charge is 0.135 e. The Labute approximate surface area is 173 Å². The minimum atomic E-state index is 1.23. The van der Waals surface area contributed by atoms with Gasteiger partial charge in [0.25, 0.3) is 0 Å². The van der Waals surface area contributed by atoms with Crippen LogP contribution >= 0.6 is 11.3 Å². The maximum absolute atomic E-state index is 2.34. The first-order valence-corrected chi connectivity index (χ1v) is 10.7. The molecule has 0 nitrogen and oxygen atoms in total. The van der Waals surface area contributed by atoms with Gasteiger partial charge in [0, 0.05) is 15.0 Å². The molecule has 6 rings (SSSR count). The molecular weight excluding hydrogens is 368 g/mol. The van der Waals surface area contributed by atoms with Gasteiger partial charge in [-0.25, -0.2) is 0 Å². The molecule has 1 aromatic heterocycles. The second kappa shape index (κ2) is 6.58. The number of hydrogen-bond donors (Lipinski definition) is 0. The number of benzene rings is 5. The highest BCUT2D eigenvalue weighted by Crippen LogP contribution is 2.37. The van der Waals surface area contributed by atoms with Crippen molar-refractivity contribution in [3.63, 3.8) is 0 Å². The molecular formula is C28H18S. The van der Waals surface area contributed by atoms with Gasteiger partial charge in [0.2, 0.25) is 0 Å². The summed E-state index contributed by atoms with van der Waals surface area (Å²) < 4.78 is 1.37. The standard InChI is InChI=1S/C28H18S/c1-2-6-19(7-3-1)10-13-24-17-23-12-14-25-26(28(23)29-24)15-11-22-16-20-8-4-5-9-21(20)18-27(22)25/h1-18H/b13-10+. The lowest BCUT2D eigenvalue weighted by molar-refractivity contribution is 1.67. The summed E-state index contributed by atoms with van der Waals surface area (Å²) >= 11 is 1.87. The van der Waals surface area contributed by atoms with Crippen molar-refractivity contribution in [2.75, 3.05) is 0 Å². The topological polar surface area (TPSA) is 0 Å². The SMILES string of the molecule is C(=C\c1cc2ccc3c4cc5ccccc5cc4ccc3c2s1)/c1ccccc1. The third kappa shape index (κ3) is 2.83. The van der Waals surface area contributed by atoms with E-state index in [9.17, 15) is 0 Å². The van der Waals surface area contributed by atoms with Crippen LogP contribution in [0.25, 0.3) is 54.6 Å². The van der Waals surface area contributed by atoms with Crippen LogP contribution in [0.2, 0.25) is 0 Å². The smallest absolute Gasteiger partial charge is 0.0427 e. The van der Waals surface area contributed by atoms with Crippen LogP contribution in [0.5, 0.6) is 0 Å². The molecule has 0 amide bonds. The summed E-state index contributed by atoms with van der Waals surface area (Å²) in [7, 11) is 0. The van der Waals surface area contributed by atoms with Crippen LogP contribution in [0.1, 0.15) is 10.4 Å². The number of fused-ring (bicyclic) bond motifs is 6. The molecule has 0 atom stereocenters. The fraction of sp³-hybridized carbons (Fsp3) is 0. The molecule has 0 bridgehead atoms. The summed E-state index contributed by atoms with van der Waals surface area (Å²) in [5.41, 5.74) is 1.23. The van der Waals surface area contributed by atoms with Gasteiger partial charge in [0.15, 0.2) is 0 Å².